The van der Waals surface area contributed by atoms with Gasteiger partial charge in [0.25, 0.3) is 5.91 Å². The molecule has 1 saturated heterocycles. The zero-order chi connectivity index (χ0) is 27.8. The maximum Gasteiger partial charge on any atom is 0.251 e. The standard InChI is InChI=1S/C30H34ClN5O3/c1-35(2)20-23-8-4-5-9-25(23)21-10-12-22(13-11-21)29(38)33-26(30(39)36-16-6-3-7-17-36)18-28(37)34-27-15-14-24(31)19-32-27/h4-5,8-15,19,26H,3,6-7,16-18,20H2,1-2H3,(H,33,38)(H,32,34,37)/t26-/m0/s1. The molecule has 2 N–H and O–H groups in total. The van der Waals surface area contributed by atoms with E-state index in [-0.39, 0.29) is 12.3 Å². The number of nitrogens with zero attached hydrogens (tertiary/aromatic N) is 3. The first kappa shape index (κ1) is 28.3. The summed E-state index contributed by atoms with van der Waals surface area (Å²) in [6.45, 7) is 2.03. The molecule has 0 unspecified atom stereocenters. The van der Waals surface area contributed by atoms with E-state index in [1.165, 1.54) is 11.8 Å². The van der Waals surface area contributed by atoms with Crippen LogP contribution in [-0.4, -0.2) is 65.7 Å². The number of amides is 3. The Bertz CT molecular complexity index is 1290. The molecule has 39 heavy (non-hydrogen) atoms. The van der Waals surface area contributed by atoms with Gasteiger partial charge in [0, 0.05) is 31.4 Å². The fourth-order valence-corrected chi connectivity index (χ4v) is 4.80. The molecule has 3 amide bonds. The first-order valence-corrected chi connectivity index (χ1v) is 13.5. The monoisotopic (exact) mass is 547 g/mol. The van der Waals surface area contributed by atoms with Gasteiger partial charge in [0.1, 0.15) is 11.9 Å². The molecule has 204 valence electrons. The highest BCUT2D eigenvalue weighted by molar-refractivity contribution is 6.30. The lowest BCUT2D eigenvalue weighted by molar-refractivity contribution is -0.135. The van der Waals surface area contributed by atoms with Crippen molar-refractivity contribution in [3.63, 3.8) is 0 Å². The summed E-state index contributed by atoms with van der Waals surface area (Å²) < 4.78 is 0. The molecule has 1 aliphatic rings. The van der Waals surface area contributed by atoms with Crippen molar-refractivity contribution in [3.05, 3.63) is 83.0 Å². The molecular formula is C30H34ClN5O3. The van der Waals surface area contributed by atoms with E-state index in [4.69, 9.17) is 11.6 Å². The number of hydrogen-bond donors (Lipinski definition) is 2. The third kappa shape index (κ3) is 7.88. The maximum absolute atomic E-state index is 13.4. The summed E-state index contributed by atoms with van der Waals surface area (Å²) in [5.41, 5.74) is 3.71. The number of carbonyl (C=O) groups is 3. The second-order valence-corrected chi connectivity index (χ2v) is 10.4. The average Bonchev–Trinajstić information content (AvgIpc) is 2.94. The van der Waals surface area contributed by atoms with Gasteiger partial charge < -0.3 is 20.4 Å². The molecule has 1 aliphatic heterocycles. The summed E-state index contributed by atoms with van der Waals surface area (Å²) in [6.07, 6.45) is 4.10. The van der Waals surface area contributed by atoms with Crippen LogP contribution in [0.4, 0.5) is 5.82 Å². The van der Waals surface area contributed by atoms with E-state index >= 15 is 0 Å². The van der Waals surface area contributed by atoms with Gasteiger partial charge in [-0.15, -0.1) is 0 Å². The first-order valence-electron chi connectivity index (χ1n) is 13.1. The Kier molecular flexibility index (Phi) is 9.68. The van der Waals surface area contributed by atoms with Gasteiger partial charge in [0.15, 0.2) is 0 Å². The zero-order valence-electron chi connectivity index (χ0n) is 22.3. The molecule has 0 aliphatic carbocycles. The molecule has 1 atom stereocenters. The summed E-state index contributed by atoms with van der Waals surface area (Å²) in [6, 6.07) is 17.7. The van der Waals surface area contributed by atoms with Gasteiger partial charge in [0.05, 0.1) is 11.4 Å². The zero-order valence-corrected chi connectivity index (χ0v) is 23.1. The van der Waals surface area contributed by atoms with E-state index in [9.17, 15) is 14.4 Å². The van der Waals surface area contributed by atoms with Crippen LogP contribution in [0.3, 0.4) is 0 Å². The molecular weight excluding hydrogens is 514 g/mol. The topological polar surface area (TPSA) is 94.6 Å². The summed E-state index contributed by atoms with van der Waals surface area (Å²) >= 11 is 5.87. The van der Waals surface area contributed by atoms with Gasteiger partial charge >= 0.3 is 0 Å². The van der Waals surface area contributed by atoms with Crippen molar-refractivity contribution in [2.24, 2.45) is 0 Å². The van der Waals surface area contributed by atoms with Crippen molar-refractivity contribution in [3.8, 4) is 11.1 Å². The van der Waals surface area contributed by atoms with Crippen molar-refractivity contribution in [1.82, 2.24) is 20.1 Å². The fraction of sp³-hybridized carbons (Fsp3) is 0.333. The molecule has 1 fully saturated rings. The van der Waals surface area contributed by atoms with Gasteiger partial charge in [-0.2, -0.15) is 0 Å². The first-order chi connectivity index (χ1) is 18.8. The fourth-order valence-electron chi connectivity index (χ4n) is 4.69. The summed E-state index contributed by atoms with van der Waals surface area (Å²) in [5, 5.41) is 5.94. The number of benzene rings is 2. The number of rotatable bonds is 9. The maximum atomic E-state index is 13.4. The lowest BCUT2D eigenvalue weighted by atomic mass is 9.98. The Morgan fingerprint density at radius 2 is 1.69 bits per heavy atom. The molecule has 0 saturated carbocycles. The van der Waals surface area contributed by atoms with Crippen molar-refractivity contribution in [2.75, 3.05) is 32.5 Å². The summed E-state index contributed by atoms with van der Waals surface area (Å²) in [7, 11) is 4.05. The molecule has 1 aromatic heterocycles. The van der Waals surface area contributed by atoms with Gasteiger partial charge in [-0.05, 0) is 74.3 Å². The van der Waals surface area contributed by atoms with Crippen LogP contribution in [0.15, 0.2) is 66.9 Å². The number of carbonyl (C=O) groups excluding carboxylic acids is 3. The Labute approximate surface area is 234 Å². The lowest BCUT2D eigenvalue weighted by Crippen LogP contribution is -2.51. The van der Waals surface area contributed by atoms with E-state index in [0.717, 1.165) is 36.9 Å². The minimum atomic E-state index is -0.997. The van der Waals surface area contributed by atoms with Crippen LogP contribution in [0.2, 0.25) is 5.02 Å². The van der Waals surface area contributed by atoms with E-state index in [1.54, 1.807) is 29.2 Å². The number of hydrogen-bond acceptors (Lipinski definition) is 5. The molecule has 2 heterocycles. The molecule has 0 radical (unpaired) electrons. The van der Waals surface area contributed by atoms with Crippen LogP contribution in [0.25, 0.3) is 11.1 Å². The number of anilines is 1. The van der Waals surface area contributed by atoms with E-state index in [0.29, 0.717) is 29.5 Å². The van der Waals surface area contributed by atoms with Crippen molar-refractivity contribution < 1.29 is 14.4 Å². The number of likely N-dealkylation sites (tertiary alicyclic amines) is 1. The van der Waals surface area contributed by atoms with Gasteiger partial charge in [-0.1, -0.05) is 48.0 Å². The Morgan fingerprint density at radius 3 is 2.36 bits per heavy atom. The third-order valence-corrected chi connectivity index (χ3v) is 6.84. The minimum absolute atomic E-state index is 0.207. The number of halogens is 1. The molecule has 8 nitrogen and oxygen atoms in total. The van der Waals surface area contributed by atoms with Crippen molar-refractivity contribution in [1.29, 1.82) is 0 Å². The van der Waals surface area contributed by atoms with Crippen LogP contribution >= 0.6 is 11.6 Å². The van der Waals surface area contributed by atoms with Gasteiger partial charge in [-0.3, -0.25) is 14.4 Å². The van der Waals surface area contributed by atoms with Crippen LogP contribution in [0, 0.1) is 0 Å². The van der Waals surface area contributed by atoms with E-state index < -0.39 is 17.9 Å². The van der Waals surface area contributed by atoms with E-state index in [1.807, 2.05) is 38.4 Å². The highest BCUT2D eigenvalue weighted by Gasteiger charge is 2.29. The molecule has 2 aromatic carbocycles. The SMILES string of the molecule is CN(C)Cc1ccccc1-c1ccc(C(=O)N[C@@H](CC(=O)Nc2ccc(Cl)cn2)C(=O)N2CCCCC2)cc1. The highest BCUT2D eigenvalue weighted by Crippen LogP contribution is 2.25. The number of aromatic nitrogens is 1. The smallest absolute Gasteiger partial charge is 0.251 e. The number of nitrogens with one attached hydrogen (secondary N) is 2. The van der Waals surface area contributed by atoms with Crippen molar-refractivity contribution >= 4 is 35.1 Å². The van der Waals surface area contributed by atoms with Crippen LogP contribution < -0.4 is 10.6 Å². The molecule has 3 aromatic rings. The predicted molar refractivity (Wildman–Crippen MR) is 153 cm³/mol. The average molecular weight is 548 g/mol. The summed E-state index contributed by atoms with van der Waals surface area (Å²) in [5.74, 6) is -0.759. The van der Waals surface area contributed by atoms with E-state index in [2.05, 4.69) is 32.7 Å². The Balaban J connectivity index is 1.48. The van der Waals surface area contributed by atoms with Crippen LogP contribution in [-0.2, 0) is 16.1 Å². The number of piperidine rings is 1. The van der Waals surface area contributed by atoms with Gasteiger partial charge in [0.2, 0.25) is 11.8 Å². The second kappa shape index (κ2) is 13.4. The largest absolute Gasteiger partial charge is 0.341 e. The molecule has 0 spiro atoms. The second-order valence-electron chi connectivity index (χ2n) is 10.00. The van der Waals surface area contributed by atoms with Gasteiger partial charge in [-0.25, -0.2) is 4.98 Å². The Morgan fingerprint density at radius 1 is 0.974 bits per heavy atom. The minimum Gasteiger partial charge on any atom is -0.341 e. The van der Waals surface area contributed by atoms with Crippen molar-refractivity contribution in [2.45, 2.75) is 38.3 Å². The molecule has 4 rings (SSSR count). The normalized spacial score (nSPS) is 14.1. The Hall–Kier alpha value is -3.75. The summed E-state index contributed by atoms with van der Waals surface area (Å²) in [4.78, 5) is 47.3. The van der Waals surface area contributed by atoms with Crippen LogP contribution in [0.5, 0.6) is 0 Å². The third-order valence-electron chi connectivity index (χ3n) is 6.62. The highest BCUT2D eigenvalue weighted by atomic mass is 35.5. The predicted octanol–water partition coefficient (Wildman–Crippen LogP) is 4.60. The molecule has 0 bridgehead atoms. The lowest BCUT2D eigenvalue weighted by Gasteiger charge is -2.30. The number of pyridine rings is 1. The molecule has 9 heteroatoms. The quantitative estimate of drug-likeness (QED) is 0.408. The van der Waals surface area contributed by atoms with Crippen LogP contribution in [0.1, 0.15) is 41.6 Å².